The van der Waals surface area contributed by atoms with Gasteiger partial charge in [-0.3, -0.25) is 9.59 Å². The Labute approximate surface area is 217 Å². The van der Waals surface area contributed by atoms with E-state index in [-0.39, 0.29) is 11.3 Å². The molecule has 0 radical (unpaired) electrons. The summed E-state index contributed by atoms with van der Waals surface area (Å²) in [6, 6.07) is 16.1. The van der Waals surface area contributed by atoms with Crippen molar-refractivity contribution in [2.45, 2.75) is 33.2 Å². The lowest BCUT2D eigenvalue weighted by Crippen LogP contribution is -2.33. The number of ketones is 1. The van der Waals surface area contributed by atoms with Gasteiger partial charge in [-0.1, -0.05) is 50.2 Å². The summed E-state index contributed by atoms with van der Waals surface area (Å²) >= 11 is 0. The number of aromatic nitrogens is 2. The predicted molar refractivity (Wildman–Crippen MR) is 143 cm³/mol. The molecule has 3 aromatic rings. The van der Waals surface area contributed by atoms with Crippen molar-refractivity contribution in [3.8, 4) is 11.4 Å². The molecule has 0 aliphatic carbocycles. The van der Waals surface area contributed by atoms with Crippen molar-refractivity contribution >= 4 is 17.4 Å². The molecule has 0 saturated carbocycles. The second-order valence-corrected chi connectivity index (χ2v) is 9.01. The Bertz CT molecular complexity index is 1290. The number of benzene rings is 2. The second kappa shape index (κ2) is 11.4. The summed E-state index contributed by atoms with van der Waals surface area (Å²) < 4.78 is 7.30. The third-order valence-corrected chi connectivity index (χ3v) is 7.01. The first-order chi connectivity index (χ1) is 17.9. The van der Waals surface area contributed by atoms with Gasteiger partial charge in [0, 0.05) is 12.1 Å². The van der Waals surface area contributed by atoms with E-state index in [2.05, 4.69) is 23.8 Å². The number of rotatable bonds is 10. The molecule has 1 aliphatic heterocycles. The number of nitrogens with zero attached hydrogens (tertiary/aromatic N) is 4. The maximum Gasteiger partial charge on any atom is 0.295 e. The molecule has 0 spiro atoms. The summed E-state index contributed by atoms with van der Waals surface area (Å²) in [6.45, 7) is 9.03. The number of methoxy groups -OCH3 is 1. The number of ether oxygens (including phenoxy) is 1. The van der Waals surface area contributed by atoms with Gasteiger partial charge in [0.1, 0.15) is 11.5 Å². The summed E-state index contributed by atoms with van der Waals surface area (Å²) in [4.78, 5) is 30.6. The van der Waals surface area contributed by atoms with Crippen LogP contribution in [-0.2, 0) is 9.59 Å². The number of aliphatic hydroxyl groups excluding tert-OH is 1. The number of para-hydroxylation sites is 2. The zero-order chi connectivity index (χ0) is 26.5. The number of Topliss-reactive ketones (excluding diaryl/α,β-unsaturated/α-hetero) is 1. The highest BCUT2D eigenvalue weighted by Gasteiger charge is 2.47. The molecular formula is C29H34N4O4. The standard InChI is InChI=1S/C29H34N4O4/c1-5-31(6-2)17-12-18-32-26(22-15-10-11-16-24(22)37-4)25(28(35)29(32)36)27(34)23-19-30-33(20(23)3)21-13-8-7-9-14-21/h7-11,13-16,19,26,34H,5-6,12,17-18H2,1-4H3. The smallest absolute Gasteiger partial charge is 0.295 e. The highest BCUT2D eigenvalue weighted by atomic mass is 16.5. The average molecular weight is 503 g/mol. The van der Waals surface area contributed by atoms with Crippen LogP contribution in [0.4, 0.5) is 0 Å². The number of likely N-dealkylation sites (tertiary alicyclic amines) is 1. The van der Waals surface area contributed by atoms with E-state index in [1.165, 1.54) is 6.20 Å². The number of carbonyl (C=O) groups excluding carboxylic acids is 2. The molecule has 1 atom stereocenters. The first kappa shape index (κ1) is 26.2. The zero-order valence-electron chi connectivity index (χ0n) is 21.8. The molecule has 1 aliphatic rings. The molecule has 1 aromatic heterocycles. The van der Waals surface area contributed by atoms with Gasteiger partial charge in [0.15, 0.2) is 0 Å². The summed E-state index contributed by atoms with van der Waals surface area (Å²) in [5.74, 6) is -1.01. The lowest BCUT2D eigenvalue weighted by molar-refractivity contribution is -0.140. The fraction of sp³-hybridized carbons (Fsp3) is 0.345. The molecule has 1 amide bonds. The minimum atomic E-state index is -0.771. The molecule has 1 saturated heterocycles. The monoisotopic (exact) mass is 502 g/mol. The van der Waals surface area contributed by atoms with E-state index < -0.39 is 17.7 Å². The van der Waals surface area contributed by atoms with Crippen molar-refractivity contribution in [3.63, 3.8) is 0 Å². The van der Waals surface area contributed by atoms with E-state index in [0.29, 0.717) is 35.5 Å². The summed E-state index contributed by atoms with van der Waals surface area (Å²) in [6.07, 6.45) is 2.23. The Hall–Kier alpha value is -3.91. The van der Waals surface area contributed by atoms with Gasteiger partial charge in [-0.2, -0.15) is 5.10 Å². The van der Waals surface area contributed by atoms with Crippen LogP contribution >= 0.6 is 0 Å². The van der Waals surface area contributed by atoms with E-state index in [1.54, 1.807) is 22.8 Å². The Balaban J connectivity index is 1.80. The minimum absolute atomic E-state index is 0.0491. The van der Waals surface area contributed by atoms with Crippen LogP contribution in [-0.4, -0.2) is 69.7 Å². The zero-order valence-corrected chi connectivity index (χ0v) is 21.8. The number of hydrogen-bond acceptors (Lipinski definition) is 6. The van der Waals surface area contributed by atoms with Gasteiger partial charge in [0.25, 0.3) is 11.7 Å². The van der Waals surface area contributed by atoms with Crippen LogP contribution in [0.2, 0.25) is 0 Å². The van der Waals surface area contributed by atoms with Crippen molar-refractivity contribution in [1.29, 1.82) is 0 Å². The normalized spacial score (nSPS) is 17.1. The fourth-order valence-corrected chi connectivity index (χ4v) is 4.95. The van der Waals surface area contributed by atoms with Crippen LogP contribution in [0.5, 0.6) is 5.75 Å². The molecule has 2 heterocycles. The van der Waals surface area contributed by atoms with Crippen LogP contribution < -0.4 is 4.74 Å². The van der Waals surface area contributed by atoms with Gasteiger partial charge in [0.05, 0.1) is 41.9 Å². The molecule has 1 N–H and O–H groups in total. The first-order valence-electron chi connectivity index (χ1n) is 12.7. The largest absolute Gasteiger partial charge is 0.507 e. The van der Waals surface area contributed by atoms with E-state index in [4.69, 9.17) is 4.74 Å². The number of hydrogen-bond donors (Lipinski definition) is 1. The fourth-order valence-electron chi connectivity index (χ4n) is 4.95. The maximum absolute atomic E-state index is 13.4. The van der Waals surface area contributed by atoms with Crippen LogP contribution in [0.25, 0.3) is 11.4 Å². The molecule has 1 unspecified atom stereocenters. The molecule has 37 heavy (non-hydrogen) atoms. The first-order valence-corrected chi connectivity index (χ1v) is 12.7. The molecular weight excluding hydrogens is 468 g/mol. The highest BCUT2D eigenvalue weighted by Crippen LogP contribution is 2.43. The molecule has 4 rings (SSSR count). The quantitative estimate of drug-likeness (QED) is 0.252. The topological polar surface area (TPSA) is 87.9 Å². The third-order valence-electron chi connectivity index (χ3n) is 7.01. The van der Waals surface area contributed by atoms with Crippen molar-refractivity contribution in [3.05, 3.63) is 83.2 Å². The second-order valence-electron chi connectivity index (χ2n) is 9.01. The van der Waals surface area contributed by atoms with E-state index in [9.17, 15) is 14.7 Å². The van der Waals surface area contributed by atoms with Crippen molar-refractivity contribution < 1.29 is 19.4 Å². The predicted octanol–water partition coefficient (Wildman–Crippen LogP) is 4.34. The van der Waals surface area contributed by atoms with Gasteiger partial charge < -0.3 is 19.6 Å². The number of carbonyl (C=O) groups is 2. The molecule has 8 heteroatoms. The summed E-state index contributed by atoms with van der Waals surface area (Å²) in [5.41, 5.74) is 2.60. The van der Waals surface area contributed by atoms with Crippen LogP contribution in [0.3, 0.4) is 0 Å². The average Bonchev–Trinajstić information content (AvgIpc) is 3.43. The Kier molecular flexibility index (Phi) is 8.08. The lowest BCUT2D eigenvalue weighted by Gasteiger charge is -2.27. The number of amides is 1. The Morgan fingerprint density at radius 2 is 1.73 bits per heavy atom. The summed E-state index contributed by atoms with van der Waals surface area (Å²) in [5, 5.41) is 16.0. The molecule has 2 aromatic carbocycles. The minimum Gasteiger partial charge on any atom is -0.507 e. The van der Waals surface area contributed by atoms with Gasteiger partial charge in [-0.15, -0.1) is 0 Å². The third kappa shape index (κ3) is 5.02. The molecule has 8 nitrogen and oxygen atoms in total. The summed E-state index contributed by atoms with van der Waals surface area (Å²) in [7, 11) is 1.55. The lowest BCUT2D eigenvalue weighted by atomic mass is 9.94. The van der Waals surface area contributed by atoms with Crippen molar-refractivity contribution in [2.24, 2.45) is 0 Å². The molecule has 0 bridgehead atoms. The molecule has 194 valence electrons. The van der Waals surface area contributed by atoms with Gasteiger partial charge >= 0.3 is 0 Å². The Morgan fingerprint density at radius 1 is 1.05 bits per heavy atom. The SMILES string of the molecule is CCN(CC)CCCN1C(=O)C(=O)C(=C(O)c2cnn(-c3ccccc3)c2C)C1c1ccccc1OC. The van der Waals surface area contributed by atoms with Crippen LogP contribution in [0.15, 0.2) is 66.4 Å². The Morgan fingerprint density at radius 3 is 2.41 bits per heavy atom. The van der Waals surface area contributed by atoms with Crippen molar-refractivity contribution in [1.82, 2.24) is 19.6 Å². The molecule has 1 fully saturated rings. The van der Waals surface area contributed by atoms with Gasteiger partial charge in [0.2, 0.25) is 0 Å². The van der Waals surface area contributed by atoms with E-state index in [0.717, 1.165) is 25.3 Å². The van der Waals surface area contributed by atoms with Gasteiger partial charge in [-0.25, -0.2) is 4.68 Å². The van der Waals surface area contributed by atoms with E-state index in [1.807, 2.05) is 55.5 Å². The maximum atomic E-state index is 13.4. The van der Waals surface area contributed by atoms with Crippen LogP contribution in [0.1, 0.15) is 43.1 Å². The highest BCUT2D eigenvalue weighted by molar-refractivity contribution is 6.46. The van der Waals surface area contributed by atoms with Crippen molar-refractivity contribution in [2.75, 3.05) is 33.3 Å². The van der Waals surface area contributed by atoms with E-state index >= 15 is 0 Å². The van der Waals surface area contributed by atoms with Crippen LogP contribution in [0, 0.1) is 6.92 Å². The van der Waals surface area contributed by atoms with Gasteiger partial charge in [-0.05, 0) is 51.2 Å². The number of aliphatic hydroxyl groups is 1.